The number of ketones is 2. The molecule has 0 bridgehead atoms. The van der Waals surface area contributed by atoms with Crippen LogP contribution in [0.5, 0.6) is 0 Å². The van der Waals surface area contributed by atoms with E-state index in [1.54, 1.807) is 0 Å². The Kier molecular flexibility index (Phi) is 5.78. The van der Waals surface area contributed by atoms with Crippen molar-refractivity contribution in [1.29, 1.82) is 5.26 Å². The van der Waals surface area contributed by atoms with Crippen LogP contribution in [-0.4, -0.2) is 24.6 Å². The van der Waals surface area contributed by atoms with Gasteiger partial charge in [-0.25, -0.2) is 0 Å². The first-order valence-corrected chi connectivity index (χ1v) is 14.4. The predicted molar refractivity (Wildman–Crippen MR) is 141 cm³/mol. The van der Waals surface area contributed by atoms with Crippen molar-refractivity contribution in [3.05, 3.63) is 11.6 Å². The molecule has 0 aromatic heterocycles. The number of fused-ring (bicyclic) bond motifs is 7. The van der Waals surface area contributed by atoms with E-state index in [1.807, 2.05) is 19.9 Å². The lowest BCUT2D eigenvalue weighted by Gasteiger charge is -2.66. The molecule has 0 aliphatic heterocycles. The molecule has 4 fully saturated rings. The van der Waals surface area contributed by atoms with E-state index < -0.39 is 16.7 Å². The van der Waals surface area contributed by atoms with Crippen LogP contribution in [0.2, 0.25) is 0 Å². The van der Waals surface area contributed by atoms with Gasteiger partial charge in [-0.2, -0.15) is 5.26 Å². The van der Waals surface area contributed by atoms with Gasteiger partial charge in [-0.15, -0.1) is 0 Å². The first-order chi connectivity index (χ1) is 17.1. The maximum atomic E-state index is 14.3. The molecule has 5 nitrogen and oxygen atoms in total. The fourth-order valence-electron chi connectivity index (χ4n) is 10.6. The van der Waals surface area contributed by atoms with Gasteiger partial charge >= 0.3 is 5.97 Å². The van der Waals surface area contributed by atoms with E-state index in [-0.39, 0.29) is 57.5 Å². The van der Waals surface area contributed by atoms with Crippen molar-refractivity contribution in [2.24, 2.45) is 62.6 Å². The first-order valence-electron chi connectivity index (χ1n) is 14.4. The Balaban J connectivity index is 1.63. The molecule has 2 unspecified atom stereocenters. The van der Waals surface area contributed by atoms with Crippen LogP contribution in [0.3, 0.4) is 0 Å². The highest BCUT2D eigenvalue weighted by Crippen LogP contribution is 2.71. The molecular weight excluding hydrogens is 462 g/mol. The summed E-state index contributed by atoms with van der Waals surface area (Å²) in [6.07, 6.45) is 7.55. The van der Waals surface area contributed by atoms with E-state index >= 15 is 0 Å². The monoisotopic (exact) mass is 507 g/mol. The topological polar surface area (TPSA) is 84.2 Å². The second-order valence-corrected chi connectivity index (χ2v) is 15.1. The molecule has 0 N–H and O–H groups in total. The molecule has 5 heteroatoms. The van der Waals surface area contributed by atoms with Crippen molar-refractivity contribution < 1.29 is 19.1 Å². The number of ether oxygens (including phenoxy) is 1. The summed E-state index contributed by atoms with van der Waals surface area (Å²) in [6.45, 7) is 15.4. The zero-order chi connectivity index (χ0) is 27.3. The molecule has 0 heterocycles. The molecule has 37 heavy (non-hydrogen) atoms. The van der Waals surface area contributed by atoms with Crippen LogP contribution in [0.1, 0.15) is 93.4 Å². The molecule has 5 rings (SSSR count). The fourth-order valence-corrected chi connectivity index (χ4v) is 10.6. The third-order valence-electron chi connectivity index (χ3n) is 12.8. The van der Waals surface area contributed by atoms with Gasteiger partial charge in [0.2, 0.25) is 0 Å². The molecule has 9 atom stereocenters. The van der Waals surface area contributed by atoms with Gasteiger partial charge in [-0.05, 0) is 90.9 Å². The minimum atomic E-state index is -0.633. The second-order valence-electron chi connectivity index (χ2n) is 15.1. The molecular formula is C32H45NO4. The molecule has 5 aliphatic carbocycles. The molecule has 0 aromatic rings. The number of hydrogen-bond donors (Lipinski definition) is 0. The summed E-state index contributed by atoms with van der Waals surface area (Å²) in [6, 6.07) is 2.30. The number of nitrogens with zero attached hydrogens (tertiary/aromatic N) is 1. The minimum Gasteiger partial charge on any atom is -0.469 e. The number of Topliss-reactive ketones (excluding diaryl/α,β-unsaturated/α-hetero) is 1. The summed E-state index contributed by atoms with van der Waals surface area (Å²) < 4.78 is 5.43. The molecule has 0 amide bonds. The van der Waals surface area contributed by atoms with Crippen LogP contribution in [-0.2, 0) is 19.1 Å². The highest BCUT2D eigenvalue weighted by atomic mass is 16.5. The highest BCUT2D eigenvalue weighted by molar-refractivity contribution is 5.96. The molecule has 0 radical (unpaired) electrons. The Hall–Kier alpha value is -1.96. The molecule has 0 saturated heterocycles. The van der Waals surface area contributed by atoms with Crippen molar-refractivity contribution in [3.63, 3.8) is 0 Å². The Morgan fingerprint density at radius 1 is 0.973 bits per heavy atom. The summed E-state index contributed by atoms with van der Waals surface area (Å²) in [5.41, 5.74) is -0.483. The van der Waals surface area contributed by atoms with E-state index in [1.165, 1.54) is 12.7 Å². The van der Waals surface area contributed by atoms with E-state index in [0.29, 0.717) is 12.3 Å². The SMILES string of the molecule is COC(=O)[C@@]12CCC3[C@H](C(=O)C=C4[C@@]3(C)CC[C@H]3C(C)(C)C(=O)C(C#N)C[C@]43C)[C@@H]1CC(C)(C)[C@@H](C)C2. The largest absolute Gasteiger partial charge is 0.469 e. The van der Waals surface area contributed by atoms with Crippen LogP contribution in [0.15, 0.2) is 11.6 Å². The lowest BCUT2D eigenvalue weighted by molar-refractivity contribution is -0.184. The summed E-state index contributed by atoms with van der Waals surface area (Å²) in [4.78, 5) is 40.9. The van der Waals surface area contributed by atoms with E-state index in [4.69, 9.17) is 4.74 Å². The van der Waals surface area contributed by atoms with Crippen molar-refractivity contribution in [2.75, 3.05) is 7.11 Å². The number of allylic oxidation sites excluding steroid dienone is 2. The molecule has 5 aliphatic rings. The number of hydrogen-bond acceptors (Lipinski definition) is 5. The lowest BCUT2D eigenvalue weighted by Crippen LogP contribution is -2.63. The molecule has 202 valence electrons. The molecule has 0 aromatic carbocycles. The van der Waals surface area contributed by atoms with Gasteiger partial charge in [0, 0.05) is 11.3 Å². The van der Waals surface area contributed by atoms with Gasteiger partial charge in [-0.1, -0.05) is 54.0 Å². The second kappa shape index (κ2) is 8.03. The predicted octanol–water partition coefficient (Wildman–Crippen LogP) is 6.31. The van der Waals surface area contributed by atoms with Crippen molar-refractivity contribution in [1.82, 2.24) is 0 Å². The average Bonchev–Trinajstić information content (AvgIpc) is 2.82. The number of carbonyl (C=O) groups is 3. The standard InChI is InChI=1S/C32H45NO4/c1-18-14-32(27(36)37-8)12-9-20-25(21(32)16-28(18,2)3)22(34)13-24-30(20,6)11-10-23-29(4,5)26(35)19(17-33)15-31(23,24)7/h13,18-21,23,25H,9-12,14-16H2,1-8H3/t18-,19?,20?,21-,23-,25-,30-,31-,32+/m0/s1. The Labute approximate surface area is 222 Å². The number of nitriles is 1. The number of carbonyl (C=O) groups excluding carboxylic acids is 3. The highest BCUT2D eigenvalue weighted by Gasteiger charge is 2.68. The quantitative estimate of drug-likeness (QED) is 0.388. The third kappa shape index (κ3) is 3.29. The maximum absolute atomic E-state index is 14.3. The number of rotatable bonds is 1. The van der Waals surface area contributed by atoms with E-state index in [9.17, 15) is 19.6 Å². The Bertz CT molecular complexity index is 1130. The number of methoxy groups -OCH3 is 1. The van der Waals surface area contributed by atoms with Crippen molar-refractivity contribution >= 4 is 17.5 Å². The molecule has 0 spiro atoms. The van der Waals surface area contributed by atoms with Crippen LogP contribution >= 0.6 is 0 Å². The smallest absolute Gasteiger partial charge is 0.312 e. The number of esters is 1. The molecule has 4 saturated carbocycles. The summed E-state index contributed by atoms with van der Waals surface area (Å²) in [5, 5.41) is 9.90. The summed E-state index contributed by atoms with van der Waals surface area (Å²) >= 11 is 0. The van der Waals surface area contributed by atoms with Gasteiger partial charge < -0.3 is 4.74 Å². The zero-order valence-electron chi connectivity index (χ0n) is 24.1. The summed E-state index contributed by atoms with van der Waals surface area (Å²) in [5.74, 6) is -0.0885. The van der Waals surface area contributed by atoms with Crippen LogP contribution in [0.4, 0.5) is 0 Å². The van der Waals surface area contributed by atoms with Gasteiger partial charge in [0.05, 0.1) is 18.6 Å². The van der Waals surface area contributed by atoms with Gasteiger partial charge in [-0.3, -0.25) is 14.4 Å². The van der Waals surface area contributed by atoms with E-state index in [0.717, 1.165) is 38.5 Å². The van der Waals surface area contributed by atoms with Gasteiger partial charge in [0.1, 0.15) is 5.92 Å². The zero-order valence-corrected chi connectivity index (χ0v) is 24.1. The van der Waals surface area contributed by atoms with Gasteiger partial charge in [0.15, 0.2) is 11.6 Å². The Morgan fingerprint density at radius 3 is 2.27 bits per heavy atom. The van der Waals surface area contributed by atoms with Crippen LogP contribution < -0.4 is 0 Å². The first kappa shape index (κ1) is 26.6. The van der Waals surface area contributed by atoms with Crippen LogP contribution in [0.25, 0.3) is 0 Å². The van der Waals surface area contributed by atoms with Gasteiger partial charge in [0.25, 0.3) is 0 Å². The normalized spacial score (nSPS) is 47.8. The lowest BCUT2D eigenvalue weighted by atomic mass is 9.37. The average molecular weight is 508 g/mol. The van der Waals surface area contributed by atoms with Crippen LogP contribution in [0, 0.1) is 73.9 Å². The fraction of sp³-hybridized carbons (Fsp3) is 0.812. The summed E-state index contributed by atoms with van der Waals surface area (Å²) in [7, 11) is 1.49. The van der Waals surface area contributed by atoms with Crippen molar-refractivity contribution in [3.8, 4) is 6.07 Å². The van der Waals surface area contributed by atoms with Crippen molar-refractivity contribution in [2.45, 2.75) is 93.4 Å². The minimum absolute atomic E-state index is 0.0196. The maximum Gasteiger partial charge on any atom is 0.312 e. The Morgan fingerprint density at radius 2 is 1.65 bits per heavy atom. The third-order valence-corrected chi connectivity index (χ3v) is 12.8. The van der Waals surface area contributed by atoms with E-state index in [2.05, 4.69) is 40.7 Å².